The van der Waals surface area contributed by atoms with Crippen LogP contribution in [0.1, 0.15) is 40.0 Å². The van der Waals surface area contributed by atoms with Gasteiger partial charge >= 0.3 is 0 Å². The van der Waals surface area contributed by atoms with E-state index in [4.69, 9.17) is 4.74 Å². The van der Waals surface area contributed by atoms with Crippen molar-refractivity contribution >= 4 is 11.8 Å². The van der Waals surface area contributed by atoms with Gasteiger partial charge in [0, 0.05) is 18.5 Å². The molecule has 0 radical (unpaired) electrons. The van der Waals surface area contributed by atoms with Crippen LogP contribution in [0.5, 0.6) is 0 Å². The normalized spacial score (nSPS) is 23.7. The van der Waals surface area contributed by atoms with Crippen LogP contribution < -0.4 is 0 Å². The highest BCUT2D eigenvalue weighted by atomic mass is 16.5. The van der Waals surface area contributed by atoms with Gasteiger partial charge in [0.2, 0.25) is 0 Å². The molecule has 0 atom stereocenters. The summed E-state index contributed by atoms with van der Waals surface area (Å²) in [6.07, 6.45) is 3.78. The Kier molecular flexibility index (Phi) is 3.70. The van der Waals surface area contributed by atoms with Crippen LogP contribution in [0, 0.1) is 5.41 Å². The van der Waals surface area contributed by atoms with E-state index in [0.29, 0.717) is 30.9 Å². The summed E-state index contributed by atoms with van der Waals surface area (Å²) in [5.41, 5.74) is 0.974. The first-order chi connectivity index (χ1) is 11.2. The average molecular weight is 314 g/mol. The zero-order valence-electron chi connectivity index (χ0n) is 13.3. The Balaban J connectivity index is 1.50. The number of likely N-dealkylation sites (tertiary alicyclic amines) is 1. The van der Waals surface area contributed by atoms with Gasteiger partial charge in [-0.25, -0.2) is 0 Å². The number of piperidine rings is 1. The quantitative estimate of drug-likeness (QED) is 0.795. The second-order valence-corrected chi connectivity index (χ2v) is 7.07. The third-order valence-corrected chi connectivity index (χ3v) is 5.20. The molecular weight excluding hydrogens is 292 g/mol. The third-order valence-electron chi connectivity index (χ3n) is 5.20. The molecule has 5 nitrogen and oxygen atoms in total. The number of carbonyl (C=O) groups excluding carboxylic acids is 2. The highest BCUT2D eigenvalue weighted by Crippen LogP contribution is 2.34. The molecule has 0 unspecified atom stereocenters. The maximum atomic E-state index is 12.6. The van der Waals surface area contributed by atoms with Crippen LogP contribution in [0.15, 0.2) is 24.3 Å². The summed E-state index contributed by atoms with van der Waals surface area (Å²) < 4.78 is 5.46. The molecule has 0 saturated carbocycles. The largest absolute Gasteiger partial charge is 0.380 e. The Morgan fingerprint density at radius 1 is 0.913 bits per heavy atom. The summed E-state index contributed by atoms with van der Waals surface area (Å²) in [5, 5.41) is 0. The number of amides is 2. The van der Waals surface area contributed by atoms with Crippen LogP contribution in [0.4, 0.5) is 0 Å². The lowest BCUT2D eigenvalue weighted by Gasteiger charge is -2.46. The molecule has 2 saturated heterocycles. The van der Waals surface area contributed by atoms with Crippen LogP contribution in [0.3, 0.4) is 0 Å². The van der Waals surface area contributed by atoms with Gasteiger partial charge in [0.05, 0.1) is 24.3 Å². The Hall–Kier alpha value is -1.72. The van der Waals surface area contributed by atoms with Crippen LogP contribution in [0.2, 0.25) is 0 Å². The van der Waals surface area contributed by atoms with Gasteiger partial charge in [0.15, 0.2) is 0 Å². The highest BCUT2D eigenvalue weighted by molar-refractivity contribution is 6.21. The summed E-state index contributed by atoms with van der Waals surface area (Å²) >= 11 is 0. The van der Waals surface area contributed by atoms with Crippen LogP contribution in [0.25, 0.3) is 0 Å². The number of carbonyl (C=O) groups is 2. The predicted molar refractivity (Wildman–Crippen MR) is 85.4 cm³/mol. The van der Waals surface area contributed by atoms with E-state index in [1.807, 2.05) is 12.1 Å². The molecule has 3 heterocycles. The molecule has 5 heteroatoms. The molecule has 0 bridgehead atoms. The summed E-state index contributed by atoms with van der Waals surface area (Å²) in [4.78, 5) is 29.0. The Morgan fingerprint density at radius 3 is 2.04 bits per heavy atom. The number of fused-ring (bicyclic) bond motifs is 1. The standard InChI is InChI=1S/C18H22N2O3/c21-16-14-6-2-3-7-15(14)17(22)20(16)11-18(12-23-13-18)10-19-8-4-1-5-9-19/h2-3,6-7H,1,4-5,8-13H2. The van der Waals surface area contributed by atoms with Gasteiger partial charge in [-0.3, -0.25) is 14.5 Å². The molecule has 1 aromatic carbocycles. The molecule has 2 fully saturated rings. The van der Waals surface area contributed by atoms with Gasteiger partial charge in [-0.2, -0.15) is 0 Å². The zero-order valence-corrected chi connectivity index (χ0v) is 13.3. The van der Waals surface area contributed by atoms with Crippen molar-refractivity contribution in [1.82, 2.24) is 9.80 Å². The monoisotopic (exact) mass is 314 g/mol. The van der Waals surface area contributed by atoms with Crippen molar-refractivity contribution in [2.75, 3.05) is 39.4 Å². The lowest BCUT2D eigenvalue weighted by Crippen LogP contribution is -2.58. The Bertz CT molecular complexity index is 598. The topological polar surface area (TPSA) is 49.9 Å². The number of rotatable bonds is 4. The van der Waals surface area contributed by atoms with Crippen LogP contribution >= 0.6 is 0 Å². The van der Waals surface area contributed by atoms with E-state index in [-0.39, 0.29) is 17.2 Å². The van der Waals surface area contributed by atoms with Crippen molar-refractivity contribution in [3.8, 4) is 0 Å². The second kappa shape index (κ2) is 5.73. The predicted octanol–water partition coefficient (Wildman–Crippen LogP) is 1.79. The molecule has 4 rings (SSSR count). The molecule has 1 aromatic rings. The number of imide groups is 1. The fourth-order valence-corrected chi connectivity index (χ4v) is 3.93. The molecular formula is C18H22N2O3. The van der Waals surface area contributed by atoms with Crippen molar-refractivity contribution in [1.29, 1.82) is 0 Å². The van der Waals surface area contributed by atoms with E-state index in [1.165, 1.54) is 24.2 Å². The minimum absolute atomic E-state index is 0.0926. The number of nitrogens with zero attached hydrogens (tertiary/aromatic N) is 2. The minimum Gasteiger partial charge on any atom is -0.380 e. The minimum atomic E-state index is -0.157. The van der Waals surface area contributed by atoms with Gasteiger partial charge in [-0.1, -0.05) is 18.6 Å². The summed E-state index contributed by atoms with van der Waals surface area (Å²) in [6, 6.07) is 7.10. The Labute approximate surface area is 136 Å². The molecule has 23 heavy (non-hydrogen) atoms. The molecule has 2 amide bonds. The summed E-state index contributed by atoms with van der Waals surface area (Å²) in [5.74, 6) is -0.314. The smallest absolute Gasteiger partial charge is 0.261 e. The molecule has 3 aliphatic rings. The van der Waals surface area contributed by atoms with E-state index in [2.05, 4.69) is 4.90 Å². The fourth-order valence-electron chi connectivity index (χ4n) is 3.93. The van der Waals surface area contributed by atoms with E-state index in [0.717, 1.165) is 19.6 Å². The first kappa shape index (κ1) is 14.8. The average Bonchev–Trinajstić information content (AvgIpc) is 2.79. The first-order valence-corrected chi connectivity index (χ1v) is 8.44. The van der Waals surface area contributed by atoms with Gasteiger partial charge in [0.25, 0.3) is 11.8 Å². The molecule has 0 spiro atoms. The van der Waals surface area contributed by atoms with Gasteiger partial charge < -0.3 is 9.64 Å². The van der Waals surface area contributed by atoms with E-state index >= 15 is 0 Å². The molecule has 0 N–H and O–H groups in total. The van der Waals surface area contributed by atoms with E-state index in [9.17, 15) is 9.59 Å². The lowest BCUT2D eigenvalue weighted by atomic mass is 9.84. The highest BCUT2D eigenvalue weighted by Gasteiger charge is 2.46. The van der Waals surface area contributed by atoms with E-state index in [1.54, 1.807) is 12.1 Å². The molecule has 122 valence electrons. The first-order valence-electron chi connectivity index (χ1n) is 8.44. The number of hydrogen-bond acceptors (Lipinski definition) is 4. The number of hydrogen-bond donors (Lipinski definition) is 0. The van der Waals surface area contributed by atoms with Crippen molar-refractivity contribution < 1.29 is 14.3 Å². The van der Waals surface area contributed by atoms with Crippen molar-refractivity contribution in [2.24, 2.45) is 5.41 Å². The Morgan fingerprint density at radius 2 is 1.52 bits per heavy atom. The van der Waals surface area contributed by atoms with Crippen molar-refractivity contribution in [3.05, 3.63) is 35.4 Å². The maximum absolute atomic E-state index is 12.6. The SMILES string of the molecule is O=C1c2ccccc2C(=O)N1CC1(CN2CCCCC2)COC1. The number of ether oxygens (including phenoxy) is 1. The van der Waals surface area contributed by atoms with Crippen molar-refractivity contribution in [3.63, 3.8) is 0 Å². The third kappa shape index (κ3) is 2.58. The van der Waals surface area contributed by atoms with Crippen LogP contribution in [-0.4, -0.2) is 61.0 Å². The zero-order chi connectivity index (χ0) is 15.9. The van der Waals surface area contributed by atoms with Crippen LogP contribution in [-0.2, 0) is 4.74 Å². The molecule has 0 aliphatic carbocycles. The summed E-state index contributed by atoms with van der Waals surface area (Å²) in [7, 11) is 0. The lowest BCUT2D eigenvalue weighted by molar-refractivity contribution is -0.133. The summed E-state index contributed by atoms with van der Waals surface area (Å²) in [6.45, 7) is 4.89. The second-order valence-electron chi connectivity index (χ2n) is 7.07. The fraction of sp³-hybridized carbons (Fsp3) is 0.556. The molecule has 3 aliphatic heterocycles. The molecule has 0 aromatic heterocycles. The van der Waals surface area contributed by atoms with Gasteiger partial charge in [-0.15, -0.1) is 0 Å². The maximum Gasteiger partial charge on any atom is 0.261 e. The van der Waals surface area contributed by atoms with Gasteiger partial charge in [-0.05, 0) is 38.1 Å². The van der Waals surface area contributed by atoms with Crippen molar-refractivity contribution in [2.45, 2.75) is 19.3 Å². The van der Waals surface area contributed by atoms with E-state index < -0.39 is 0 Å². The van der Waals surface area contributed by atoms with Gasteiger partial charge in [0.1, 0.15) is 0 Å². The number of benzene rings is 1.